The summed E-state index contributed by atoms with van der Waals surface area (Å²) in [5.74, 6) is -1.86. The van der Waals surface area contributed by atoms with Gasteiger partial charge in [0.05, 0.1) is 11.1 Å². The molecule has 5 rings (SSSR count). The van der Waals surface area contributed by atoms with Gasteiger partial charge in [-0.15, -0.1) is 0 Å². The average Bonchev–Trinajstić information content (AvgIpc) is 3.04. The molecule has 1 spiro atoms. The second-order valence-corrected chi connectivity index (χ2v) is 9.65. The van der Waals surface area contributed by atoms with E-state index in [0.717, 1.165) is 30.0 Å². The van der Waals surface area contributed by atoms with Gasteiger partial charge >= 0.3 is 0 Å². The molecule has 3 heterocycles. The maximum absolute atomic E-state index is 13.0. The Morgan fingerprint density at radius 3 is 2.59 bits per heavy atom. The standard InChI is InChI=1S/C24H30N4O4/c29-20-8-7-18(21(30)27-20)28-22(31)16-6-5-15(12-17(16)23(28)32)13-26-19-4-1-2-9-24(19)10-3-11-25-14-24/h5-6,12,18-19,25-26H,1-4,7-11,13-14H2,(H,27,29,30). The summed E-state index contributed by atoms with van der Waals surface area (Å²) in [5, 5.41) is 9.56. The topological polar surface area (TPSA) is 108 Å². The van der Waals surface area contributed by atoms with Crippen LogP contribution in [0.25, 0.3) is 0 Å². The van der Waals surface area contributed by atoms with Crippen molar-refractivity contribution >= 4 is 23.6 Å². The van der Waals surface area contributed by atoms with E-state index >= 15 is 0 Å². The number of fused-ring (bicyclic) bond motifs is 1. The van der Waals surface area contributed by atoms with Gasteiger partial charge in [-0.3, -0.25) is 29.4 Å². The van der Waals surface area contributed by atoms with E-state index in [-0.39, 0.29) is 18.7 Å². The van der Waals surface area contributed by atoms with Crippen LogP contribution in [-0.4, -0.2) is 53.7 Å². The number of hydrogen-bond donors (Lipinski definition) is 3. The summed E-state index contributed by atoms with van der Waals surface area (Å²) in [6, 6.07) is 4.87. The van der Waals surface area contributed by atoms with E-state index in [2.05, 4.69) is 16.0 Å². The van der Waals surface area contributed by atoms with Crippen molar-refractivity contribution < 1.29 is 19.2 Å². The highest BCUT2D eigenvalue weighted by atomic mass is 16.2. The third-order valence-electron chi connectivity index (χ3n) is 7.72. The van der Waals surface area contributed by atoms with Gasteiger partial charge in [-0.2, -0.15) is 0 Å². The summed E-state index contributed by atoms with van der Waals surface area (Å²) >= 11 is 0. The molecule has 1 saturated carbocycles. The highest BCUT2D eigenvalue weighted by molar-refractivity contribution is 6.23. The molecule has 4 aliphatic rings. The maximum Gasteiger partial charge on any atom is 0.262 e. The first-order valence-corrected chi connectivity index (χ1v) is 11.8. The molecule has 0 bridgehead atoms. The van der Waals surface area contributed by atoms with Crippen LogP contribution in [0.15, 0.2) is 18.2 Å². The molecule has 8 heteroatoms. The second kappa shape index (κ2) is 8.41. The number of nitrogens with one attached hydrogen (secondary N) is 3. The van der Waals surface area contributed by atoms with Gasteiger partial charge in [-0.1, -0.05) is 18.9 Å². The van der Waals surface area contributed by atoms with Gasteiger partial charge < -0.3 is 10.6 Å². The number of benzene rings is 1. The molecule has 8 nitrogen and oxygen atoms in total. The number of nitrogens with zero attached hydrogens (tertiary/aromatic N) is 1. The fourth-order valence-corrected chi connectivity index (χ4v) is 6.00. The fourth-order valence-electron chi connectivity index (χ4n) is 6.00. The molecular weight excluding hydrogens is 408 g/mol. The molecule has 1 aromatic carbocycles. The number of imide groups is 2. The van der Waals surface area contributed by atoms with Crippen LogP contribution in [0.3, 0.4) is 0 Å². The van der Waals surface area contributed by atoms with Crippen LogP contribution in [0, 0.1) is 5.41 Å². The number of rotatable bonds is 4. The van der Waals surface area contributed by atoms with Crippen molar-refractivity contribution in [3.8, 4) is 0 Å². The third kappa shape index (κ3) is 3.65. The van der Waals surface area contributed by atoms with Crippen molar-refractivity contribution in [3.05, 3.63) is 34.9 Å². The molecule has 170 valence electrons. The molecule has 32 heavy (non-hydrogen) atoms. The fraction of sp³-hybridized carbons (Fsp3) is 0.583. The van der Waals surface area contributed by atoms with Gasteiger partial charge in [0.2, 0.25) is 11.8 Å². The number of amides is 4. The molecule has 2 saturated heterocycles. The Morgan fingerprint density at radius 2 is 1.81 bits per heavy atom. The monoisotopic (exact) mass is 438 g/mol. The summed E-state index contributed by atoms with van der Waals surface area (Å²) in [6.07, 6.45) is 7.67. The van der Waals surface area contributed by atoms with Gasteiger partial charge in [0.25, 0.3) is 11.8 Å². The van der Waals surface area contributed by atoms with E-state index in [1.54, 1.807) is 12.1 Å². The van der Waals surface area contributed by atoms with Crippen LogP contribution in [0.4, 0.5) is 0 Å². The first kappa shape index (κ1) is 21.3. The van der Waals surface area contributed by atoms with E-state index in [1.807, 2.05) is 6.07 Å². The highest BCUT2D eigenvalue weighted by Gasteiger charge is 2.45. The highest BCUT2D eigenvalue weighted by Crippen LogP contribution is 2.41. The molecule has 3 aliphatic heterocycles. The lowest BCUT2D eigenvalue weighted by atomic mass is 9.66. The van der Waals surface area contributed by atoms with E-state index in [1.165, 1.54) is 32.1 Å². The summed E-state index contributed by atoms with van der Waals surface area (Å²) in [7, 11) is 0. The largest absolute Gasteiger partial charge is 0.316 e. The van der Waals surface area contributed by atoms with Gasteiger partial charge in [0.1, 0.15) is 6.04 Å². The first-order valence-electron chi connectivity index (χ1n) is 11.8. The summed E-state index contributed by atoms with van der Waals surface area (Å²) in [4.78, 5) is 50.6. The van der Waals surface area contributed by atoms with Gasteiger partial charge in [0, 0.05) is 25.6 Å². The zero-order chi connectivity index (χ0) is 22.3. The molecule has 1 aromatic rings. The predicted octanol–water partition coefficient (Wildman–Crippen LogP) is 1.49. The minimum Gasteiger partial charge on any atom is -0.316 e. The SMILES string of the molecule is O=C1CCC(N2C(=O)c3ccc(CNC4CCCCC45CCCNC5)cc3C2=O)C(=O)N1. The van der Waals surface area contributed by atoms with Crippen molar-refractivity contribution in [2.45, 2.75) is 70.0 Å². The summed E-state index contributed by atoms with van der Waals surface area (Å²) in [5.41, 5.74) is 1.94. The Morgan fingerprint density at radius 1 is 1.00 bits per heavy atom. The van der Waals surface area contributed by atoms with Crippen LogP contribution < -0.4 is 16.0 Å². The van der Waals surface area contributed by atoms with Crippen molar-refractivity contribution in [3.63, 3.8) is 0 Å². The van der Waals surface area contributed by atoms with Gasteiger partial charge in [0.15, 0.2) is 0 Å². The average molecular weight is 439 g/mol. The van der Waals surface area contributed by atoms with Crippen molar-refractivity contribution in [1.82, 2.24) is 20.9 Å². The smallest absolute Gasteiger partial charge is 0.262 e. The molecule has 1 aliphatic carbocycles. The minimum atomic E-state index is -0.928. The predicted molar refractivity (Wildman–Crippen MR) is 117 cm³/mol. The zero-order valence-corrected chi connectivity index (χ0v) is 18.2. The van der Waals surface area contributed by atoms with Crippen LogP contribution >= 0.6 is 0 Å². The Labute approximate surface area is 187 Å². The zero-order valence-electron chi connectivity index (χ0n) is 18.2. The van der Waals surface area contributed by atoms with E-state index < -0.39 is 23.8 Å². The quantitative estimate of drug-likeness (QED) is 0.615. The number of carbonyl (C=O) groups is 4. The Balaban J connectivity index is 1.30. The van der Waals surface area contributed by atoms with E-state index in [0.29, 0.717) is 29.1 Å². The molecule has 3 unspecified atom stereocenters. The van der Waals surface area contributed by atoms with Crippen LogP contribution in [0.1, 0.15) is 77.6 Å². The Hall–Kier alpha value is -2.58. The lowest BCUT2D eigenvalue weighted by Crippen LogP contribution is -2.54. The molecule has 4 amide bonds. The minimum absolute atomic E-state index is 0.122. The normalized spacial score (nSPS) is 30.6. The molecule has 3 N–H and O–H groups in total. The summed E-state index contributed by atoms with van der Waals surface area (Å²) < 4.78 is 0. The van der Waals surface area contributed by atoms with Crippen molar-refractivity contribution in [1.29, 1.82) is 0 Å². The number of hydrogen-bond acceptors (Lipinski definition) is 6. The second-order valence-electron chi connectivity index (χ2n) is 9.65. The van der Waals surface area contributed by atoms with Gasteiger partial charge in [-0.05, 0) is 61.8 Å². The van der Waals surface area contributed by atoms with Crippen molar-refractivity contribution in [2.24, 2.45) is 5.41 Å². The lowest BCUT2D eigenvalue weighted by Gasteiger charge is -2.47. The van der Waals surface area contributed by atoms with Crippen LogP contribution in [0.5, 0.6) is 0 Å². The molecule has 3 fully saturated rings. The Bertz CT molecular complexity index is 960. The molecule has 0 aromatic heterocycles. The molecule has 3 atom stereocenters. The van der Waals surface area contributed by atoms with Crippen molar-refractivity contribution in [2.75, 3.05) is 13.1 Å². The molecular formula is C24H30N4O4. The lowest BCUT2D eigenvalue weighted by molar-refractivity contribution is -0.136. The first-order chi connectivity index (χ1) is 15.5. The number of carbonyl (C=O) groups excluding carboxylic acids is 4. The third-order valence-corrected chi connectivity index (χ3v) is 7.72. The molecule has 0 radical (unpaired) electrons. The number of piperidine rings is 2. The van der Waals surface area contributed by atoms with E-state index in [9.17, 15) is 19.2 Å². The van der Waals surface area contributed by atoms with Gasteiger partial charge in [-0.25, -0.2) is 0 Å². The maximum atomic E-state index is 13.0. The van der Waals surface area contributed by atoms with Crippen LogP contribution in [-0.2, 0) is 16.1 Å². The summed E-state index contributed by atoms with van der Waals surface area (Å²) in [6.45, 7) is 2.79. The van der Waals surface area contributed by atoms with Crippen LogP contribution in [0.2, 0.25) is 0 Å². The Kier molecular flexibility index (Phi) is 5.59. The van der Waals surface area contributed by atoms with E-state index in [4.69, 9.17) is 0 Å².